The molecule has 0 spiro atoms. The van der Waals surface area contributed by atoms with Crippen molar-refractivity contribution in [3.63, 3.8) is 0 Å². The van der Waals surface area contributed by atoms with E-state index in [-0.39, 0.29) is 11.2 Å². The maximum Gasteiger partial charge on any atom is 0.233 e. The first-order valence-electron chi connectivity index (χ1n) is 13.7. The molecular weight excluding hydrogens is 564 g/mol. The summed E-state index contributed by atoms with van der Waals surface area (Å²) in [7, 11) is -3.29. The van der Waals surface area contributed by atoms with Crippen LogP contribution in [0.2, 0.25) is 0 Å². The topological polar surface area (TPSA) is 149 Å². The summed E-state index contributed by atoms with van der Waals surface area (Å²) >= 11 is 1.22. The van der Waals surface area contributed by atoms with E-state index in [1.807, 2.05) is 12.1 Å². The molecular formula is C28H30N6O5S2. The first kappa shape index (κ1) is 27.5. The summed E-state index contributed by atoms with van der Waals surface area (Å²) in [6, 6.07) is 14.1. The lowest BCUT2D eigenvalue weighted by Crippen LogP contribution is -2.23. The lowest BCUT2D eigenvalue weighted by atomic mass is 9.87. The van der Waals surface area contributed by atoms with Crippen LogP contribution in [0.4, 0.5) is 5.13 Å². The summed E-state index contributed by atoms with van der Waals surface area (Å²) < 4.78 is 36.8. The van der Waals surface area contributed by atoms with Gasteiger partial charge in [-0.05, 0) is 79.5 Å². The van der Waals surface area contributed by atoms with Gasteiger partial charge in [-0.3, -0.25) is 4.79 Å². The smallest absolute Gasteiger partial charge is 0.233 e. The van der Waals surface area contributed by atoms with Gasteiger partial charge in [0.2, 0.25) is 16.8 Å². The minimum absolute atomic E-state index is 0.185. The van der Waals surface area contributed by atoms with E-state index in [2.05, 4.69) is 30.9 Å². The molecule has 3 heterocycles. The number of carbonyl (C=O) groups is 1. The van der Waals surface area contributed by atoms with Crippen LogP contribution in [0.5, 0.6) is 10.8 Å². The number of anilines is 1. The zero-order valence-electron chi connectivity index (χ0n) is 22.2. The molecule has 0 unspecified atom stereocenters. The maximum absolute atomic E-state index is 13.6. The van der Waals surface area contributed by atoms with Gasteiger partial charge < -0.3 is 14.8 Å². The fourth-order valence-corrected chi connectivity index (χ4v) is 7.35. The highest BCUT2D eigenvalue weighted by Crippen LogP contribution is 2.36. The number of thiazole rings is 1. The number of tetrazole rings is 1. The molecule has 2 aromatic heterocycles. The molecule has 6 rings (SSSR count). The number of aromatic amines is 1. The van der Waals surface area contributed by atoms with Crippen molar-refractivity contribution in [1.29, 1.82) is 0 Å². The molecule has 0 bridgehead atoms. The van der Waals surface area contributed by atoms with Gasteiger partial charge in [-0.2, -0.15) is 5.21 Å². The van der Waals surface area contributed by atoms with Crippen LogP contribution >= 0.6 is 11.3 Å². The number of hydrogen-bond acceptors (Lipinski definition) is 10. The van der Waals surface area contributed by atoms with E-state index in [0.717, 1.165) is 43.6 Å². The van der Waals surface area contributed by atoms with Crippen molar-refractivity contribution in [2.45, 2.75) is 54.6 Å². The molecule has 214 valence electrons. The normalized spacial score (nSPS) is 16.8. The standard InChI is InChI=1S/C28H30N6O5S2/c35-27(30-28-29-17-25(40-28)39-21-3-1-2-20(16-21)26-31-33-34-32-26)24(11-4-18-12-14-38-15-13-18)19-5-7-22(8-6-19)41(36,37)23-9-10-23/h1-3,5-8,16-18,23-24H,4,9-15H2,(H,29,30,35)(H,31,32,33,34)/t24-/m1/s1. The number of carbonyl (C=O) groups excluding carboxylic acids is 1. The van der Waals surface area contributed by atoms with Crippen LogP contribution in [-0.4, -0.2) is 58.4 Å². The van der Waals surface area contributed by atoms with Crippen LogP contribution in [0.1, 0.15) is 50.0 Å². The van der Waals surface area contributed by atoms with Gasteiger partial charge >= 0.3 is 0 Å². The summed E-state index contributed by atoms with van der Waals surface area (Å²) in [4.78, 5) is 18.2. The molecule has 11 nitrogen and oxygen atoms in total. The number of nitrogens with one attached hydrogen (secondary N) is 2. The average Bonchev–Trinajstić information content (AvgIpc) is 3.55. The van der Waals surface area contributed by atoms with Crippen LogP contribution < -0.4 is 10.1 Å². The van der Waals surface area contributed by atoms with Crippen molar-refractivity contribution < 1.29 is 22.7 Å². The first-order chi connectivity index (χ1) is 20.0. The van der Waals surface area contributed by atoms with Gasteiger partial charge in [0.1, 0.15) is 5.75 Å². The van der Waals surface area contributed by atoms with Crippen LogP contribution in [0, 0.1) is 5.92 Å². The van der Waals surface area contributed by atoms with Crippen molar-refractivity contribution in [3.05, 3.63) is 60.3 Å². The van der Waals surface area contributed by atoms with Gasteiger partial charge in [0.05, 0.1) is 22.3 Å². The van der Waals surface area contributed by atoms with Gasteiger partial charge in [0.25, 0.3) is 0 Å². The number of benzene rings is 2. The molecule has 4 aromatic rings. The summed E-state index contributed by atoms with van der Waals surface area (Å²) in [6.07, 6.45) is 6.47. The highest BCUT2D eigenvalue weighted by Gasteiger charge is 2.37. The zero-order chi connectivity index (χ0) is 28.2. The number of rotatable bonds is 11. The molecule has 1 aliphatic heterocycles. The predicted molar refractivity (Wildman–Crippen MR) is 153 cm³/mol. The Morgan fingerprint density at radius 1 is 1.12 bits per heavy atom. The van der Waals surface area contributed by atoms with Crippen molar-refractivity contribution in [1.82, 2.24) is 25.6 Å². The summed E-state index contributed by atoms with van der Waals surface area (Å²) in [5.74, 6) is 0.893. The van der Waals surface area contributed by atoms with Crippen molar-refractivity contribution >= 4 is 32.2 Å². The molecule has 1 amide bonds. The zero-order valence-corrected chi connectivity index (χ0v) is 23.9. The SMILES string of the molecule is O=C(Nc1ncc(Oc2cccc(-c3nn[nH]n3)c2)s1)[C@H](CCC1CCOCC1)c1ccc(S(=O)(=O)C2CC2)cc1. The molecule has 1 saturated heterocycles. The van der Waals surface area contributed by atoms with Gasteiger partial charge in [-0.15, -0.1) is 10.2 Å². The quantitative estimate of drug-likeness (QED) is 0.245. The number of aromatic nitrogens is 5. The van der Waals surface area contributed by atoms with E-state index < -0.39 is 15.8 Å². The summed E-state index contributed by atoms with van der Waals surface area (Å²) in [6.45, 7) is 1.49. The minimum atomic E-state index is -3.29. The Balaban J connectivity index is 1.15. The number of nitrogens with zero attached hydrogens (tertiary/aromatic N) is 4. The largest absolute Gasteiger partial charge is 0.445 e. The third-order valence-electron chi connectivity index (χ3n) is 7.47. The third-order valence-corrected chi connectivity index (χ3v) is 10.5. The van der Waals surface area contributed by atoms with Gasteiger partial charge in [0.15, 0.2) is 15.0 Å². The third kappa shape index (κ3) is 6.63. The van der Waals surface area contributed by atoms with Crippen LogP contribution in [0.15, 0.2) is 59.6 Å². The van der Waals surface area contributed by atoms with Crippen molar-refractivity contribution in [3.8, 4) is 22.2 Å². The second-order valence-corrected chi connectivity index (χ2v) is 13.6. The Morgan fingerprint density at radius 3 is 2.66 bits per heavy atom. The van der Waals surface area contributed by atoms with Crippen LogP contribution in [-0.2, 0) is 19.4 Å². The molecule has 2 aromatic carbocycles. The van der Waals surface area contributed by atoms with E-state index in [4.69, 9.17) is 9.47 Å². The molecule has 2 N–H and O–H groups in total. The second-order valence-electron chi connectivity index (χ2n) is 10.3. The Bertz CT molecular complexity index is 1580. The maximum atomic E-state index is 13.6. The molecule has 2 aliphatic rings. The number of hydrogen-bond donors (Lipinski definition) is 2. The Labute approximate surface area is 241 Å². The highest BCUT2D eigenvalue weighted by molar-refractivity contribution is 7.92. The lowest BCUT2D eigenvalue weighted by molar-refractivity contribution is -0.117. The van der Waals surface area contributed by atoms with E-state index in [1.165, 1.54) is 11.3 Å². The minimum Gasteiger partial charge on any atom is -0.445 e. The number of amides is 1. The Kier molecular flexibility index (Phi) is 8.08. The van der Waals surface area contributed by atoms with Gasteiger partial charge in [0, 0.05) is 18.8 Å². The molecule has 2 fully saturated rings. The fourth-order valence-electron chi connectivity index (χ4n) is 5.00. The molecule has 1 atom stereocenters. The summed E-state index contributed by atoms with van der Waals surface area (Å²) in [5, 5.41) is 17.6. The molecule has 41 heavy (non-hydrogen) atoms. The molecule has 13 heteroatoms. The van der Waals surface area contributed by atoms with Crippen LogP contribution in [0.3, 0.4) is 0 Å². The van der Waals surface area contributed by atoms with E-state index in [1.54, 1.807) is 42.6 Å². The Morgan fingerprint density at radius 2 is 1.93 bits per heavy atom. The second kappa shape index (κ2) is 12.0. The van der Waals surface area contributed by atoms with Gasteiger partial charge in [-0.25, -0.2) is 13.4 Å². The van der Waals surface area contributed by atoms with Crippen LogP contribution in [0.25, 0.3) is 11.4 Å². The van der Waals surface area contributed by atoms with Gasteiger partial charge in [-0.1, -0.05) is 35.6 Å². The highest BCUT2D eigenvalue weighted by atomic mass is 32.2. The summed E-state index contributed by atoms with van der Waals surface area (Å²) in [5.41, 5.74) is 1.54. The van der Waals surface area contributed by atoms with E-state index in [0.29, 0.717) is 51.8 Å². The Hall–Kier alpha value is -3.68. The predicted octanol–water partition coefficient (Wildman–Crippen LogP) is 4.98. The molecule has 1 saturated carbocycles. The van der Waals surface area contributed by atoms with Crippen molar-refractivity contribution in [2.24, 2.45) is 5.92 Å². The monoisotopic (exact) mass is 594 g/mol. The number of sulfone groups is 1. The van der Waals surface area contributed by atoms with E-state index in [9.17, 15) is 13.2 Å². The molecule has 0 radical (unpaired) electrons. The fraction of sp³-hybridized carbons (Fsp3) is 0.393. The molecule has 1 aliphatic carbocycles. The first-order valence-corrected chi connectivity index (χ1v) is 16.0. The lowest BCUT2D eigenvalue weighted by Gasteiger charge is -2.24. The number of H-pyrrole nitrogens is 1. The number of ether oxygens (including phenoxy) is 2. The average molecular weight is 595 g/mol. The van der Waals surface area contributed by atoms with Crippen molar-refractivity contribution in [2.75, 3.05) is 18.5 Å². The van der Waals surface area contributed by atoms with E-state index >= 15 is 0 Å².